The Kier molecular flexibility index (Phi) is 3.62. The molecule has 1 aliphatic rings. The van der Waals surface area contributed by atoms with Gasteiger partial charge in [0.15, 0.2) is 0 Å². The molecule has 1 saturated heterocycles. The van der Waals surface area contributed by atoms with Gasteiger partial charge < -0.3 is 10.0 Å². The Balaban J connectivity index is 2.45. The fourth-order valence-corrected chi connectivity index (χ4v) is 2.41. The predicted octanol–water partition coefficient (Wildman–Crippen LogP) is 1.07. The van der Waals surface area contributed by atoms with Gasteiger partial charge in [0.25, 0.3) is 0 Å². The topological polar surface area (TPSA) is 103 Å². The van der Waals surface area contributed by atoms with Crippen molar-refractivity contribution in [1.82, 2.24) is 4.98 Å². The second-order valence-corrected chi connectivity index (χ2v) is 4.64. The average Bonchev–Trinajstić information content (AvgIpc) is 2.78. The van der Waals surface area contributed by atoms with Crippen molar-refractivity contribution in [3.05, 3.63) is 27.9 Å². The van der Waals surface area contributed by atoms with Crippen LogP contribution in [0.2, 0.25) is 0 Å². The van der Waals surface area contributed by atoms with Crippen molar-refractivity contribution >= 4 is 11.5 Å². The van der Waals surface area contributed by atoms with Gasteiger partial charge in [-0.1, -0.05) is 6.92 Å². The molecule has 2 heterocycles. The van der Waals surface area contributed by atoms with Crippen molar-refractivity contribution in [2.75, 3.05) is 18.1 Å². The van der Waals surface area contributed by atoms with E-state index in [-0.39, 0.29) is 35.6 Å². The van der Waals surface area contributed by atoms with Gasteiger partial charge in [-0.05, 0) is 12.3 Å². The predicted molar refractivity (Wildman–Crippen MR) is 67.6 cm³/mol. The zero-order chi connectivity index (χ0) is 14.0. The molecule has 0 radical (unpaired) electrons. The van der Waals surface area contributed by atoms with E-state index < -0.39 is 4.92 Å². The normalized spacial score (nSPS) is 22.3. The second-order valence-electron chi connectivity index (χ2n) is 4.64. The summed E-state index contributed by atoms with van der Waals surface area (Å²) in [5.74, 6) is 0.481. The number of nitriles is 1. The molecule has 1 aromatic heterocycles. The number of aromatic nitrogens is 1. The van der Waals surface area contributed by atoms with Gasteiger partial charge in [0.1, 0.15) is 6.07 Å². The molecular weight excluding hydrogens is 248 g/mol. The van der Waals surface area contributed by atoms with Crippen LogP contribution >= 0.6 is 0 Å². The van der Waals surface area contributed by atoms with Gasteiger partial charge in [0.2, 0.25) is 5.82 Å². The lowest BCUT2D eigenvalue weighted by molar-refractivity contribution is -0.384. The molecule has 7 heteroatoms. The smallest absolute Gasteiger partial charge is 0.312 e. The summed E-state index contributed by atoms with van der Waals surface area (Å²) in [5, 5.41) is 29.3. The van der Waals surface area contributed by atoms with E-state index in [1.807, 2.05) is 13.0 Å². The van der Waals surface area contributed by atoms with Crippen molar-refractivity contribution in [2.45, 2.75) is 19.4 Å². The number of aliphatic hydroxyl groups is 1. The fourth-order valence-electron chi connectivity index (χ4n) is 2.41. The third-order valence-electron chi connectivity index (χ3n) is 3.51. The number of hydrogen-bond acceptors (Lipinski definition) is 6. The Morgan fingerprint density at radius 3 is 3.05 bits per heavy atom. The Bertz CT molecular complexity index is 540. The molecule has 1 aliphatic heterocycles. The number of aliphatic hydroxyl groups excluding tert-OH is 1. The molecule has 2 rings (SSSR count). The van der Waals surface area contributed by atoms with Gasteiger partial charge in [-0.25, -0.2) is 4.98 Å². The molecule has 19 heavy (non-hydrogen) atoms. The van der Waals surface area contributed by atoms with Crippen LogP contribution in [0.5, 0.6) is 0 Å². The maximum absolute atomic E-state index is 11.1. The van der Waals surface area contributed by atoms with Crippen LogP contribution in [0.25, 0.3) is 0 Å². The summed E-state index contributed by atoms with van der Waals surface area (Å²) in [6.45, 7) is 2.54. The molecule has 7 nitrogen and oxygen atoms in total. The second kappa shape index (κ2) is 5.20. The molecule has 1 aromatic rings. The number of anilines is 1. The van der Waals surface area contributed by atoms with Crippen LogP contribution in [0.1, 0.15) is 18.9 Å². The van der Waals surface area contributed by atoms with Crippen molar-refractivity contribution in [3.63, 3.8) is 0 Å². The van der Waals surface area contributed by atoms with E-state index in [0.717, 1.165) is 6.42 Å². The molecule has 100 valence electrons. The third-order valence-corrected chi connectivity index (χ3v) is 3.51. The van der Waals surface area contributed by atoms with Gasteiger partial charge in [0, 0.05) is 18.8 Å². The van der Waals surface area contributed by atoms with Crippen LogP contribution in [0.4, 0.5) is 11.5 Å². The van der Waals surface area contributed by atoms with Gasteiger partial charge in [-0.2, -0.15) is 5.26 Å². The van der Waals surface area contributed by atoms with Crippen LogP contribution < -0.4 is 4.90 Å². The van der Waals surface area contributed by atoms with Crippen molar-refractivity contribution in [2.24, 2.45) is 5.92 Å². The Labute approximate surface area is 110 Å². The molecule has 0 spiro atoms. The summed E-state index contributed by atoms with van der Waals surface area (Å²) in [5.41, 5.74) is -0.0326. The zero-order valence-corrected chi connectivity index (χ0v) is 10.5. The van der Waals surface area contributed by atoms with Crippen LogP contribution in [0, 0.1) is 27.4 Å². The monoisotopic (exact) mass is 262 g/mol. The first-order chi connectivity index (χ1) is 9.08. The standard InChI is InChI=1S/C12H14N4O3/c1-8-2-3-15(11(8)7-17)12-10(16(18)19)4-9(5-13)6-14-12/h4,6,8,11,17H,2-3,7H2,1H3. The molecule has 0 aromatic carbocycles. The Morgan fingerprint density at radius 2 is 2.47 bits per heavy atom. The lowest BCUT2D eigenvalue weighted by Gasteiger charge is -2.25. The lowest BCUT2D eigenvalue weighted by atomic mass is 10.0. The largest absolute Gasteiger partial charge is 0.394 e. The molecule has 2 atom stereocenters. The molecular formula is C12H14N4O3. The summed E-state index contributed by atoms with van der Waals surface area (Å²) in [7, 11) is 0. The average molecular weight is 262 g/mol. The molecule has 2 unspecified atom stereocenters. The van der Waals surface area contributed by atoms with E-state index in [9.17, 15) is 15.2 Å². The first-order valence-electron chi connectivity index (χ1n) is 6.00. The van der Waals surface area contributed by atoms with E-state index in [1.165, 1.54) is 12.3 Å². The maximum atomic E-state index is 11.1. The quantitative estimate of drug-likeness (QED) is 0.645. The molecule has 0 aliphatic carbocycles. The van der Waals surface area contributed by atoms with Crippen molar-refractivity contribution in [1.29, 1.82) is 5.26 Å². The minimum atomic E-state index is -0.541. The van der Waals surface area contributed by atoms with Gasteiger partial charge in [-0.3, -0.25) is 10.1 Å². The number of nitro groups is 1. The van der Waals surface area contributed by atoms with Crippen molar-refractivity contribution < 1.29 is 10.0 Å². The first kappa shape index (κ1) is 13.2. The number of hydrogen-bond donors (Lipinski definition) is 1. The highest BCUT2D eigenvalue weighted by atomic mass is 16.6. The van der Waals surface area contributed by atoms with Gasteiger partial charge in [-0.15, -0.1) is 0 Å². The Morgan fingerprint density at radius 1 is 1.74 bits per heavy atom. The molecule has 0 bridgehead atoms. The van der Waals surface area contributed by atoms with E-state index in [1.54, 1.807) is 4.90 Å². The van der Waals surface area contributed by atoms with Crippen LogP contribution in [0.15, 0.2) is 12.3 Å². The highest BCUT2D eigenvalue weighted by Gasteiger charge is 2.35. The summed E-state index contributed by atoms with van der Waals surface area (Å²) in [6.07, 6.45) is 2.17. The molecule has 1 fully saturated rings. The number of nitrogens with zero attached hydrogens (tertiary/aromatic N) is 4. The maximum Gasteiger partial charge on any atom is 0.312 e. The highest BCUT2D eigenvalue weighted by molar-refractivity contribution is 5.61. The third kappa shape index (κ3) is 2.35. The number of pyridine rings is 1. The summed E-state index contributed by atoms with van der Waals surface area (Å²) in [6, 6.07) is 2.89. The highest BCUT2D eigenvalue weighted by Crippen LogP contribution is 2.34. The fraction of sp³-hybridized carbons (Fsp3) is 0.500. The SMILES string of the molecule is CC1CCN(c2ncc(C#N)cc2[N+](=O)[O-])C1CO. The van der Waals surface area contributed by atoms with Crippen LogP contribution in [-0.2, 0) is 0 Å². The minimum absolute atomic E-state index is 0.0694. The summed E-state index contributed by atoms with van der Waals surface area (Å²) in [4.78, 5) is 16.3. The molecule has 1 N–H and O–H groups in total. The van der Waals surface area contributed by atoms with Gasteiger partial charge in [0.05, 0.1) is 23.1 Å². The van der Waals surface area contributed by atoms with Gasteiger partial charge >= 0.3 is 5.69 Å². The molecule has 0 saturated carbocycles. The van der Waals surface area contributed by atoms with E-state index in [4.69, 9.17) is 5.26 Å². The number of rotatable bonds is 3. The van der Waals surface area contributed by atoms with Crippen LogP contribution in [-0.4, -0.2) is 34.2 Å². The minimum Gasteiger partial charge on any atom is -0.394 e. The van der Waals surface area contributed by atoms with E-state index in [2.05, 4.69) is 4.98 Å². The van der Waals surface area contributed by atoms with Crippen LogP contribution in [0.3, 0.4) is 0 Å². The summed E-state index contributed by atoms with van der Waals surface area (Å²) < 4.78 is 0. The molecule has 0 amide bonds. The van der Waals surface area contributed by atoms with E-state index >= 15 is 0 Å². The Hall–Kier alpha value is -2.20. The van der Waals surface area contributed by atoms with Crippen molar-refractivity contribution in [3.8, 4) is 6.07 Å². The first-order valence-corrected chi connectivity index (χ1v) is 6.00. The zero-order valence-electron chi connectivity index (χ0n) is 10.5. The summed E-state index contributed by atoms with van der Waals surface area (Å²) >= 11 is 0. The lowest BCUT2D eigenvalue weighted by Crippen LogP contribution is -2.36. The van der Waals surface area contributed by atoms with E-state index in [0.29, 0.717) is 6.54 Å².